The summed E-state index contributed by atoms with van der Waals surface area (Å²) >= 11 is -1.04. The molecule has 0 aliphatic heterocycles. The fourth-order valence-electron chi connectivity index (χ4n) is 8.78. The van der Waals surface area contributed by atoms with Crippen molar-refractivity contribution in [1.29, 1.82) is 0 Å². The van der Waals surface area contributed by atoms with Crippen molar-refractivity contribution >= 4 is 0 Å². The molecule has 0 saturated heterocycles. The summed E-state index contributed by atoms with van der Waals surface area (Å²) in [5.41, 5.74) is 2.67. The van der Waals surface area contributed by atoms with Crippen molar-refractivity contribution in [3.8, 4) is 0 Å². The molecule has 2 unspecified atom stereocenters. The second kappa shape index (κ2) is 9.33. The van der Waals surface area contributed by atoms with Crippen molar-refractivity contribution in [3.05, 3.63) is 11.6 Å². The summed E-state index contributed by atoms with van der Waals surface area (Å²) in [6.45, 7) is 12.6. The molecule has 0 amide bonds. The molecule has 0 spiro atoms. The summed E-state index contributed by atoms with van der Waals surface area (Å²) in [4.78, 5) is 0. The summed E-state index contributed by atoms with van der Waals surface area (Å²) in [6, 6.07) is 0. The topological polar surface area (TPSA) is 29.5 Å². The first-order chi connectivity index (χ1) is 14.3. The van der Waals surface area contributed by atoms with Gasteiger partial charge < -0.3 is 0 Å². The van der Waals surface area contributed by atoms with E-state index in [0.29, 0.717) is 10.8 Å². The van der Waals surface area contributed by atoms with Crippen molar-refractivity contribution < 1.29 is 28.5 Å². The SMILES string of the molecule is CC(C)CCC[C@@H](C)[C@H]1CC[C@H]2C3CC=C4CC(O[I-]O)CC[C@]4(C)[C@H]3CC[C@]12C. The Morgan fingerprint density at radius 1 is 1.07 bits per heavy atom. The molecule has 8 atom stereocenters. The number of halogens is 1. The van der Waals surface area contributed by atoms with Crippen LogP contribution < -0.4 is 22.0 Å². The molecule has 4 aliphatic rings. The molecule has 4 aliphatic carbocycles. The fourth-order valence-corrected chi connectivity index (χ4v) is 9.54. The number of hydrogen-bond acceptors (Lipinski definition) is 2. The van der Waals surface area contributed by atoms with E-state index in [0.717, 1.165) is 48.3 Å². The van der Waals surface area contributed by atoms with E-state index >= 15 is 0 Å². The molecule has 0 heterocycles. The van der Waals surface area contributed by atoms with Gasteiger partial charge in [-0.25, -0.2) is 0 Å². The summed E-state index contributed by atoms with van der Waals surface area (Å²) < 4.78 is 15.0. The number of fused-ring (bicyclic) bond motifs is 5. The van der Waals surface area contributed by atoms with Crippen LogP contribution in [-0.2, 0) is 3.07 Å². The van der Waals surface area contributed by atoms with Gasteiger partial charge in [-0.3, -0.25) is 0 Å². The zero-order valence-corrected chi connectivity index (χ0v) is 22.3. The van der Waals surface area contributed by atoms with Gasteiger partial charge in [0.2, 0.25) is 0 Å². The van der Waals surface area contributed by atoms with E-state index in [9.17, 15) is 3.44 Å². The predicted molar refractivity (Wildman–Crippen MR) is 120 cm³/mol. The molecule has 174 valence electrons. The fraction of sp³-hybridized carbons (Fsp3) is 0.926. The second-order valence-electron chi connectivity index (χ2n) is 12.3. The third kappa shape index (κ3) is 4.18. The first-order valence-electron chi connectivity index (χ1n) is 12.9. The Bertz CT molecular complexity index is 630. The molecular weight excluding hydrogens is 483 g/mol. The Hall–Kier alpha value is 0.390. The van der Waals surface area contributed by atoms with Crippen LogP contribution in [0.25, 0.3) is 0 Å². The number of allylic oxidation sites excluding steroid dienone is 1. The quantitative estimate of drug-likeness (QED) is 0.393. The van der Waals surface area contributed by atoms with Crippen LogP contribution in [0.15, 0.2) is 11.6 Å². The van der Waals surface area contributed by atoms with Gasteiger partial charge in [-0.1, -0.05) is 26.7 Å². The summed E-state index contributed by atoms with van der Waals surface area (Å²) in [5.74, 6) is 5.44. The molecule has 0 radical (unpaired) electrons. The zero-order valence-electron chi connectivity index (χ0n) is 20.1. The first-order valence-corrected chi connectivity index (χ1v) is 14.8. The van der Waals surface area contributed by atoms with Gasteiger partial charge >= 0.3 is 165 Å². The standard InChI is InChI=1S/C27H46IO2/c1-18(2)7-6-8-19(3)23-11-12-24-22-10-9-20-17-21(30-28-29)13-15-26(20,4)25(22)14-16-27(23,24)5/h9,18-19,21-25,29H,6-8,10-17H2,1-5H3/q-1/t19-,21?,22?,23-,24+,25+,26+,27-/m1/s1. The zero-order chi connectivity index (χ0) is 21.5. The normalized spacial score (nSPS) is 44.4. The summed E-state index contributed by atoms with van der Waals surface area (Å²) in [5, 5.41) is 0. The molecule has 3 fully saturated rings. The van der Waals surface area contributed by atoms with Crippen molar-refractivity contribution in [1.82, 2.24) is 0 Å². The maximum atomic E-state index is 9.32. The Kier molecular flexibility index (Phi) is 7.32. The van der Waals surface area contributed by atoms with E-state index in [-0.39, 0.29) is 6.10 Å². The molecule has 2 nitrogen and oxygen atoms in total. The molecule has 3 heteroatoms. The Morgan fingerprint density at radius 2 is 1.87 bits per heavy atom. The van der Waals surface area contributed by atoms with E-state index in [1.807, 2.05) is 0 Å². The minimum atomic E-state index is -1.04. The number of hydrogen-bond donors (Lipinski definition) is 1. The van der Waals surface area contributed by atoms with Crippen molar-refractivity contribution in [3.63, 3.8) is 0 Å². The van der Waals surface area contributed by atoms with Gasteiger partial charge in [-0.05, 0) is 5.92 Å². The van der Waals surface area contributed by atoms with E-state index in [4.69, 9.17) is 3.07 Å². The molecule has 3 saturated carbocycles. The van der Waals surface area contributed by atoms with Gasteiger partial charge in [0.05, 0.1) is 0 Å². The monoisotopic (exact) mass is 529 g/mol. The minimum absolute atomic E-state index is 0.287. The molecule has 1 N–H and O–H groups in total. The van der Waals surface area contributed by atoms with Crippen LogP contribution in [0.5, 0.6) is 0 Å². The van der Waals surface area contributed by atoms with Crippen LogP contribution in [-0.4, -0.2) is 9.54 Å². The van der Waals surface area contributed by atoms with Crippen LogP contribution >= 0.6 is 0 Å². The van der Waals surface area contributed by atoms with Crippen molar-refractivity contribution in [2.75, 3.05) is 0 Å². The Morgan fingerprint density at radius 3 is 2.60 bits per heavy atom. The molecule has 4 rings (SSSR count). The predicted octanol–water partition coefficient (Wildman–Crippen LogP) is 4.32. The Balaban J connectivity index is 1.47. The van der Waals surface area contributed by atoms with Crippen molar-refractivity contribution in [2.45, 2.75) is 111 Å². The molecule has 0 aromatic heterocycles. The van der Waals surface area contributed by atoms with Crippen molar-refractivity contribution in [2.24, 2.45) is 46.3 Å². The van der Waals surface area contributed by atoms with Gasteiger partial charge in [0.15, 0.2) is 0 Å². The molecule has 0 bridgehead atoms. The van der Waals surface area contributed by atoms with Crippen LogP contribution in [0.1, 0.15) is 105 Å². The van der Waals surface area contributed by atoms with Gasteiger partial charge in [0.1, 0.15) is 0 Å². The van der Waals surface area contributed by atoms with Crippen LogP contribution in [0.4, 0.5) is 0 Å². The van der Waals surface area contributed by atoms with E-state index in [2.05, 4.69) is 40.7 Å². The third-order valence-corrected chi connectivity index (χ3v) is 11.4. The molecule has 0 aromatic carbocycles. The van der Waals surface area contributed by atoms with Gasteiger partial charge in [-0.2, -0.15) is 0 Å². The molecule has 0 aromatic rings. The van der Waals surface area contributed by atoms with Gasteiger partial charge in [0.25, 0.3) is 0 Å². The summed E-state index contributed by atoms with van der Waals surface area (Å²) in [6.07, 6.45) is 17.9. The average Bonchev–Trinajstić information content (AvgIpc) is 3.05. The van der Waals surface area contributed by atoms with Crippen LogP contribution in [0.2, 0.25) is 0 Å². The van der Waals surface area contributed by atoms with Gasteiger partial charge in [0, 0.05) is 0 Å². The summed E-state index contributed by atoms with van der Waals surface area (Å²) in [7, 11) is 0. The third-order valence-electron chi connectivity index (χ3n) is 10.4. The maximum absolute atomic E-state index is 9.32. The van der Waals surface area contributed by atoms with Crippen LogP contribution in [0.3, 0.4) is 0 Å². The van der Waals surface area contributed by atoms with E-state index < -0.39 is 22.0 Å². The second-order valence-corrected chi connectivity index (χ2v) is 13.2. The molecular formula is C27H46IO2-. The number of rotatable bonds is 7. The van der Waals surface area contributed by atoms with E-state index in [1.165, 1.54) is 57.8 Å². The average molecular weight is 530 g/mol. The first kappa shape index (κ1) is 23.5. The Labute approximate surface area is 197 Å². The van der Waals surface area contributed by atoms with Crippen LogP contribution in [0, 0.1) is 46.3 Å². The van der Waals surface area contributed by atoms with Gasteiger partial charge in [-0.15, -0.1) is 0 Å². The molecule has 30 heavy (non-hydrogen) atoms. The van der Waals surface area contributed by atoms with E-state index in [1.54, 1.807) is 5.57 Å².